The van der Waals surface area contributed by atoms with Gasteiger partial charge in [-0.1, -0.05) is 36.4 Å². The van der Waals surface area contributed by atoms with Gasteiger partial charge in [0.25, 0.3) is 0 Å². The lowest BCUT2D eigenvalue weighted by Crippen LogP contribution is -2.07. The molecule has 0 atom stereocenters. The molecule has 51 heavy (non-hydrogen) atoms. The van der Waals surface area contributed by atoms with E-state index in [1.54, 1.807) is 50.9 Å². The summed E-state index contributed by atoms with van der Waals surface area (Å²) < 4.78 is 54.6. The molecule has 0 N–H and O–H groups in total. The topological polar surface area (TPSA) is 133 Å². The van der Waals surface area contributed by atoms with Crippen LogP contribution in [0.1, 0.15) is 48.9 Å². The second-order valence-corrected chi connectivity index (χ2v) is 13.0. The average molecular weight is 716 g/mol. The number of para-hydroxylation sites is 1. The van der Waals surface area contributed by atoms with Crippen LogP contribution in [-0.2, 0) is 42.8 Å². The number of esters is 1. The van der Waals surface area contributed by atoms with Gasteiger partial charge in [0.1, 0.15) is 24.7 Å². The van der Waals surface area contributed by atoms with Crippen LogP contribution in [0.2, 0.25) is 0 Å². The molecule has 2 aromatic heterocycles. The van der Waals surface area contributed by atoms with Crippen molar-refractivity contribution in [2.75, 3.05) is 26.9 Å². The Morgan fingerprint density at radius 2 is 1.67 bits per heavy atom. The number of nitrogens with zero attached hydrogens (tertiary/aromatic N) is 3. The summed E-state index contributed by atoms with van der Waals surface area (Å²) in [4.78, 5) is 16.6. The number of benzene rings is 3. The lowest BCUT2D eigenvalue weighted by atomic mass is 10.1. The third-order valence-electron chi connectivity index (χ3n) is 7.47. The molecule has 0 bridgehead atoms. The molecule has 0 aliphatic carbocycles. The highest BCUT2D eigenvalue weighted by molar-refractivity contribution is 7.57. The quantitative estimate of drug-likeness (QED) is 0.0640. The fourth-order valence-electron chi connectivity index (χ4n) is 5.06. The lowest BCUT2D eigenvalue weighted by molar-refractivity contribution is -0.142. The van der Waals surface area contributed by atoms with E-state index in [2.05, 4.69) is 10.1 Å². The van der Waals surface area contributed by atoms with Gasteiger partial charge in [-0.2, -0.15) is 0 Å². The summed E-state index contributed by atoms with van der Waals surface area (Å²) >= 11 is 0. The number of ether oxygens (including phenoxy) is 4. The van der Waals surface area contributed by atoms with E-state index in [1.807, 2.05) is 73.7 Å². The highest BCUT2D eigenvalue weighted by atomic mass is 31.2. The van der Waals surface area contributed by atoms with Crippen molar-refractivity contribution < 1.29 is 41.8 Å². The molecule has 5 rings (SSSR count). The first-order chi connectivity index (χ1) is 24.7. The standard InChI is InChI=1S/C38H42N3O9P/c1-6-45-36(42)23-28-13-12-14-30(21-28)37-39-33(27(4)50-37)26-46-34-18-17-29(22-35(34)44-5)25-47-38-31(19-20-51(43,48-7-2)49-8-3)24-41(40-38)32-15-10-9-11-16-32/h9-22,24H,6-8,23,25-26H2,1-5H3/b20-19+. The Kier molecular flexibility index (Phi) is 12.9. The van der Waals surface area contributed by atoms with Crippen LogP contribution in [0.3, 0.4) is 0 Å². The molecular formula is C38H42N3O9P. The number of hydrogen-bond donors (Lipinski definition) is 0. The summed E-state index contributed by atoms with van der Waals surface area (Å²) in [5.41, 5.74) is 4.42. The fraction of sp³-hybridized carbons (Fsp3) is 0.289. The Balaban J connectivity index is 1.28. The van der Waals surface area contributed by atoms with Crippen LogP contribution < -0.4 is 14.2 Å². The van der Waals surface area contributed by atoms with Crippen LogP contribution in [0.4, 0.5) is 0 Å². The summed E-state index contributed by atoms with van der Waals surface area (Å²) in [6, 6.07) is 22.6. The molecule has 0 unspecified atom stereocenters. The Labute approximate surface area is 297 Å². The van der Waals surface area contributed by atoms with Crippen LogP contribution in [-0.4, -0.2) is 47.7 Å². The molecule has 12 nitrogen and oxygen atoms in total. The van der Waals surface area contributed by atoms with Gasteiger partial charge in [0.2, 0.25) is 11.8 Å². The molecular weight excluding hydrogens is 673 g/mol. The maximum atomic E-state index is 13.1. The maximum absolute atomic E-state index is 13.1. The summed E-state index contributed by atoms with van der Waals surface area (Å²) in [6.45, 7) is 8.24. The molecule has 0 saturated heterocycles. The zero-order chi connectivity index (χ0) is 36.2. The van der Waals surface area contributed by atoms with Gasteiger partial charge in [-0.15, -0.1) is 5.10 Å². The molecule has 2 heterocycles. The number of carbonyl (C=O) groups excluding carboxylic acids is 1. The van der Waals surface area contributed by atoms with Crippen LogP contribution in [0.25, 0.3) is 23.2 Å². The van der Waals surface area contributed by atoms with Crippen LogP contribution in [0.5, 0.6) is 17.4 Å². The Hall–Kier alpha value is -5.16. The van der Waals surface area contributed by atoms with Crippen LogP contribution in [0.15, 0.2) is 89.2 Å². The minimum Gasteiger partial charge on any atom is -0.493 e. The predicted octanol–water partition coefficient (Wildman–Crippen LogP) is 8.34. The number of hydrogen-bond acceptors (Lipinski definition) is 11. The predicted molar refractivity (Wildman–Crippen MR) is 192 cm³/mol. The molecule has 5 aromatic rings. The molecule has 3 aromatic carbocycles. The molecule has 13 heteroatoms. The first kappa shape index (κ1) is 37.1. The summed E-state index contributed by atoms with van der Waals surface area (Å²) in [6.07, 6.45) is 3.60. The Bertz CT molecular complexity index is 1980. The van der Waals surface area contributed by atoms with Crippen molar-refractivity contribution in [3.63, 3.8) is 0 Å². The number of methoxy groups -OCH3 is 1. The molecule has 0 fully saturated rings. The third kappa shape index (κ3) is 9.97. The van der Waals surface area contributed by atoms with E-state index >= 15 is 0 Å². The fourth-order valence-corrected chi connectivity index (χ4v) is 6.37. The number of aryl methyl sites for hydroxylation is 1. The number of carbonyl (C=O) groups is 1. The van der Waals surface area contributed by atoms with Gasteiger partial charge < -0.3 is 32.4 Å². The summed E-state index contributed by atoms with van der Waals surface area (Å²) in [5, 5.41) is 4.65. The van der Waals surface area contributed by atoms with Gasteiger partial charge in [0, 0.05) is 17.6 Å². The van der Waals surface area contributed by atoms with E-state index in [-0.39, 0.29) is 38.8 Å². The summed E-state index contributed by atoms with van der Waals surface area (Å²) in [5.74, 6) is 3.54. The van der Waals surface area contributed by atoms with Crippen molar-refractivity contribution in [3.8, 4) is 34.5 Å². The highest BCUT2D eigenvalue weighted by Gasteiger charge is 2.21. The summed E-state index contributed by atoms with van der Waals surface area (Å²) in [7, 11) is -1.88. The minimum absolute atomic E-state index is 0.143. The van der Waals surface area contributed by atoms with E-state index in [9.17, 15) is 9.36 Å². The molecule has 0 aliphatic heterocycles. The van der Waals surface area contributed by atoms with Crippen molar-refractivity contribution in [2.24, 2.45) is 0 Å². The SMILES string of the molecule is CCOC(=O)Cc1cccc(-c2nc(COc3ccc(COc4nn(-c5ccccc5)cc4/C=C/P(=O)(OCC)OCC)cc3OC)c(C)o2)c1. The molecule has 0 amide bonds. The van der Waals surface area contributed by atoms with E-state index in [0.717, 1.165) is 22.4 Å². The van der Waals surface area contributed by atoms with Crippen LogP contribution in [0, 0.1) is 6.92 Å². The molecule has 268 valence electrons. The molecule has 0 radical (unpaired) electrons. The van der Waals surface area contributed by atoms with Gasteiger partial charge in [-0.25, -0.2) is 9.67 Å². The van der Waals surface area contributed by atoms with Crippen molar-refractivity contribution in [2.45, 2.75) is 47.3 Å². The van der Waals surface area contributed by atoms with Crippen molar-refractivity contribution in [3.05, 3.63) is 113 Å². The first-order valence-corrected chi connectivity index (χ1v) is 18.2. The Morgan fingerprint density at radius 3 is 2.39 bits per heavy atom. The van der Waals surface area contributed by atoms with E-state index in [1.165, 1.54) is 5.82 Å². The molecule has 0 aliphatic rings. The number of rotatable bonds is 18. The van der Waals surface area contributed by atoms with Gasteiger partial charge in [0.05, 0.1) is 44.6 Å². The van der Waals surface area contributed by atoms with Gasteiger partial charge >= 0.3 is 13.6 Å². The number of oxazole rings is 1. The van der Waals surface area contributed by atoms with Crippen LogP contribution >= 0.6 is 7.60 Å². The molecule has 0 spiro atoms. The van der Waals surface area contributed by atoms with E-state index in [4.69, 9.17) is 32.4 Å². The smallest absolute Gasteiger partial charge is 0.354 e. The van der Waals surface area contributed by atoms with Crippen molar-refractivity contribution in [1.82, 2.24) is 14.8 Å². The minimum atomic E-state index is -3.45. The number of aromatic nitrogens is 3. The Morgan fingerprint density at radius 1 is 0.882 bits per heavy atom. The largest absolute Gasteiger partial charge is 0.493 e. The van der Waals surface area contributed by atoms with Crippen molar-refractivity contribution >= 4 is 19.6 Å². The van der Waals surface area contributed by atoms with Gasteiger partial charge in [-0.05, 0) is 81.3 Å². The zero-order valence-corrected chi connectivity index (χ0v) is 30.3. The van der Waals surface area contributed by atoms with Gasteiger partial charge in [0.15, 0.2) is 11.5 Å². The van der Waals surface area contributed by atoms with Gasteiger partial charge in [-0.3, -0.25) is 9.36 Å². The average Bonchev–Trinajstić information content (AvgIpc) is 3.72. The monoisotopic (exact) mass is 715 g/mol. The van der Waals surface area contributed by atoms with E-state index < -0.39 is 7.60 Å². The highest BCUT2D eigenvalue weighted by Crippen LogP contribution is 2.50. The first-order valence-electron chi connectivity index (χ1n) is 16.6. The maximum Gasteiger partial charge on any atom is 0.354 e. The zero-order valence-electron chi connectivity index (χ0n) is 29.4. The van der Waals surface area contributed by atoms with Crippen molar-refractivity contribution in [1.29, 1.82) is 0 Å². The lowest BCUT2D eigenvalue weighted by Gasteiger charge is -2.13. The normalized spacial score (nSPS) is 11.5. The van der Waals surface area contributed by atoms with E-state index in [0.29, 0.717) is 46.9 Å². The third-order valence-corrected chi connectivity index (χ3v) is 9.22. The molecule has 0 saturated carbocycles. The second-order valence-electron chi connectivity index (χ2n) is 11.1. The second kappa shape index (κ2) is 17.7.